The van der Waals surface area contributed by atoms with Gasteiger partial charge in [0, 0.05) is 55.6 Å². The largest absolute Gasteiger partial charge is 0.368 e. The summed E-state index contributed by atoms with van der Waals surface area (Å²) in [5.41, 5.74) is 3.29. The first-order chi connectivity index (χ1) is 17.5. The van der Waals surface area contributed by atoms with E-state index < -0.39 is 0 Å². The molecule has 1 saturated heterocycles. The van der Waals surface area contributed by atoms with Gasteiger partial charge in [-0.1, -0.05) is 43.2 Å². The Balaban J connectivity index is 1.20. The van der Waals surface area contributed by atoms with Crippen molar-refractivity contribution in [1.29, 1.82) is 0 Å². The summed E-state index contributed by atoms with van der Waals surface area (Å²) >= 11 is 5.62. The van der Waals surface area contributed by atoms with Gasteiger partial charge >= 0.3 is 0 Å². The Morgan fingerprint density at radius 2 is 1.61 bits per heavy atom. The van der Waals surface area contributed by atoms with E-state index in [4.69, 9.17) is 17.2 Å². The summed E-state index contributed by atoms with van der Waals surface area (Å²) in [7, 11) is 0. The first kappa shape index (κ1) is 24.4. The number of aromatic nitrogens is 2. The number of rotatable bonds is 6. The summed E-state index contributed by atoms with van der Waals surface area (Å²) in [6.07, 6.45) is 4.46. The summed E-state index contributed by atoms with van der Waals surface area (Å²) in [5, 5.41) is 7.10. The molecule has 3 aromatic rings. The standard InChI is InChI=1S/C28H33FN6S/c1-21-19-25(35-17-15-34(16-18-35)24-7-3-2-4-8-24)32-26(31-21)33-27(36)30-20-28(13-5-6-14-28)22-9-11-23(29)12-10-22/h2-4,7-12,19H,5-6,13-18,20H2,1H3,(H2,30,31,32,33,36). The predicted octanol–water partition coefficient (Wildman–Crippen LogP) is 5.05. The van der Waals surface area contributed by atoms with Crippen LogP contribution >= 0.6 is 12.2 Å². The highest BCUT2D eigenvalue weighted by molar-refractivity contribution is 7.80. The zero-order chi connectivity index (χ0) is 25.0. The highest BCUT2D eigenvalue weighted by Crippen LogP contribution is 2.40. The molecule has 2 aliphatic rings. The van der Waals surface area contributed by atoms with E-state index in [9.17, 15) is 4.39 Å². The van der Waals surface area contributed by atoms with Crippen molar-refractivity contribution in [2.45, 2.75) is 38.0 Å². The lowest BCUT2D eigenvalue weighted by Gasteiger charge is -2.36. The van der Waals surface area contributed by atoms with Crippen molar-refractivity contribution in [3.8, 4) is 0 Å². The van der Waals surface area contributed by atoms with Crippen molar-refractivity contribution >= 4 is 34.8 Å². The van der Waals surface area contributed by atoms with Crippen LogP contribution < -0.4 is 20.4 Å². The molecule has 2 fully saturated rings. The molecule has 0 atom stereocenters. The van der Waals surface area contributed by atoms with Crippen LogP contribution in [0, 0.1) is 12.7 Å². The van der Waals surface area contributed by atoms with Gasteiger partial charge in [-0.2, -0.15) is 4.98 Å². The van der Waals surface area contributed by atoms with Gasteiger partial charge in [-0.25, -0.2) is 9.37 Å². The summed E-state index contributed by atoms with van der Waals surface area (Å²) in [4.78, 5) is 14.1. The summed E-state index contributed by atoms with van der Waals surface area (Å²) in [6.45, 7) is 6.36. The lowest BCUT2D eigenvalue weighted by atomic mass is 9.79. The van der Waals surface area contributed by atoms with Crippen LogP contribution in [-0.2, 0) is 5.41 Å². The van der Waals surface area contributed by atoms with Crippen molar-refractivity contribution in [2.75, 3.05) is 47.8 Å². The highest BCUT2D eigenvalue weighted by atomic mass is 32.1. The van der Waals surface area contributed by atoms with E-state index >= 15 is 0 Å². The molecule has 6 nitrogen and oxygen atoms in total. The third-order valence-corrected chi connectivity index (χ3v) is 7.64. The lowest BCUT2D eigenvalue weighted by Crippen LogP contribution is -2.47. The number of halogens is 1. The van der Waals surface area contributed by atoms with Gasteiger partial charge in [-0.05, 0) is 61.8 Å². The number of thiocarbonyl (C=S) groups is 1. The second-order valence-corrected chi connectivity index (χ2v) is 10.2. The van der Waals surface area contributed by atoms with E-state index in [2.05, 4.69) is 49.7 Å². The molecule has 1 saturated carbocycles. The van der Waals surface area contributed by atoms with Crippen LogP contribution in [0.4, 0.5) is 21.8 Å². The summed E-state index contributed by atoms with van der Waals surface area (Å²) in [6, 6.07) is 19.5. The van der Waals surface area contributed by atoms with Crippen molar-refractivity contribution in [1.82, 2.24) is 15.3 Å². The second-order valence-electron chi connectivity index (χ2n) is 9.80. The SMILES string of the molecule is Cc1cc(N2CCN(c3ccccc3)CC2)nc(NC(=S)NCC2(c3ccc(F)cc3)CCCC2)n1. The van der Waals surface area contributed by atoms with Gasteiger partial charge < -0.3 is 20.4 Å². The minimum atomic E-state index is -0.203. The topological polar surface area (TPSA) is 56.3 Å². The van der Waals surface area contributed by atoms with Crippen LogP contribution in [0.3, 0.4) is 0 Å². The maximum Gasteiger partial charge on any atom is 0.231 e. The van der Waals surface area contributed by atoms with E-state index in [-0.39, 0.29) is 11.2 Å². The van der Waals surface area contributed by atoms with Crippen molar-refractivity contribution in [2.24, 2.45) is 0 Å². The maximum absolute atomic E-state index is 13.5. The zero-order valence-electron chi connectivity index (χ0n) is 20.7. The number of anilines is 3. The van der Waals surface area contributed by atoms with Gasteiger partial charge in [0.15, 0.2) is 5.11 Å². The molecule has 8 heteroatoms. The van der Waals surface area contributed by atoms with Crippen LogP contribution in [0.15, 0.2) is 60.7 Å². The van der Waals surface area contributed by atoms with Crippen LogP contribution in [0.2, 0.25) is 0 Å². The highest BCUT2D eigenvalue weighted by Gasteiger charge is 2.35. The molecule has 0 bridgehead atoms. The lowest BCUT2D eigenvalue weighted by molar-refractivity contribution is 0.434. The third-order valence-electron chi connectivity index (χ3n) is 7.40. The van der Waals surface area contributed by atoms with E-state index in [1.807, 2.05) is 31.2 Å². The third kappa shape index (κ3) is 5.59. The second kappa shape index (κ2) is 10.8. The monoisotopic (exact) mass is 504 g/mol. The molecule has 0 radical (unpaired) electrons. The molecule has 2 aromatic carbocycles. The molecule has 1 aliphatic carbocycles. The Morgan fingerprint density at radius 1 is 0.944 bits per heavy atom. The number of piperazine rings is 1. The first-order valence-corrected chi connectivity index (χ1v) is 13.1. The zero-order valence-corrected chi connectivity index (χ0v) is 21.5. The Kier molecular flexibility index (Phi) is 7.32. The minimum Gasteiger partial charge on any atom is -0.368 e. The van der Waals surface area contributed by atoms with Crippen molar-refractivity contribution < 1.29 is 4.39 Å². The van der Waals surface area contributed by atoms with Crippen molar-refractivity contribution in [3.63, 3.8) is 0 Å². The Bertz CT molecular complexity index is 1170. The number of nitrogens with one attached hydrogen (secondary N) is 2. The smallest absolute Gasteiger partial charge is 0.231 e. The summed E-state index contributed by atoms with van der Waals surface area (Å²) < 4.78 is 13.5. The van der Waals surface area contributed by atoms with Gasteiger partial charge in [0.2, 0.25) is 5.95 Å². The van der Waals surface area contributed by atoms with Gasteiger partial charge in [-0.15, -0.1) is 0 Å². The number of hydrogen-bond acceptors (Lipinski definition) is 5. The fourth-order valence-corrected chi connectivity index (χ4v) is 5.58. The van der Waals surface area contributed by atoms with E-state index in [1.54, 1.807) is 12.1 Å². The Hall–Kier alpha value is -3.26. The normalized spacial score (nSPS) is 17.2. The maximum atomic E-state index is 13.5. The fourth-order valence-electron chi connectivity index (χ4n) is 5.42. The van der Waals surface area contributed by atoms with E-state index in [0.29, 0.717) is 17.6 Å². The van der Waals surface area contributed by atoms with Crippen LogP contribution in [0.25, 0.3) is 0 Å². The van der Waals surface area contributed by atoms with E-state index in [0.717, 1.165) is 50.5 Å². The van der Waals surface area contributed by atoms with Crippen LogP contribution in [0.1, 0.15) is 36.9 Å². The average Bonchev–Trinajstić information content (AvgIpc) is 3.38. The van der Waals surface area contributed by atoms with E-state index in [1.165, 1.54) is 24.1 Å². The molecule has 0 unspecified atom stereocenters. The summed E-state index contributed by atoms with van der Waals surface area (Å²) in [5.74, 6) is 1.22. The molecule has 2 heterocycles. The molecule has 1 aliphatic heterocycles. The number of hydrogen-bond donors (Lipinski definition) is 2. The molecule has 5 rings (SSSR count). The Morgan fingerprint density at radius 3 is 2.31 bits per heavy atom. The quantitative estimate of drug-likeness (QED) is 0.456. The average molecular weight is 505 g/mol. The molecule has 0 amide bonds. The van der Waals surface area contributed by atoms with Gasteiger partial charge in [0.25, 0.3) is 0 Å². The molecular weight excluding hydrogens is 471 g/mol. The fraction of sp³-hybridized carbons (Fsp3) is 0.393. The van der Waals surface area contributed by atoms with Crippen LogP contribution in [-0.4, -0.2) is 47.8 Å². The number of nitrogens with zero attached hydrogens (tertiary/aromatic N) is 4. The van der Waals surface area contributed by atoms with Gasteiger partial charge in [0.05, 0.1) is 0 Å². The predicted molar refractivity (Wildman–Crippen MR) is 148 cm³/mol. The van der Waals surface area contributed by atoms with Gasteiger partial charge in [0.1, 0.15) is 11.6 Å². The number of benzene rings is 2. The minimum absolute atomic E-state index is 0.0313. The molecule has 1 aromatic heterocycles. The number of aryl methyl sites for hydroxylation is 1. The molecule has 2 N–H and O–H groups in total. The first-order valence-electron chi connectivity index (χ1n) is 12.7. The Labute approximate surface area is 217 Å². The molecule has 0 spiro atoms. The van der Waals surface area contributed by atoms with Gasteiger partial charge in [-0.3, -0.25) is 0 Å². The van der Waals surface area contributed by atoms with Crippen molar-refractivity contribution in [3.05, 3.63) is 77.7 Å². The molecule has 188 valence electrons. The molecular formula is C28H33FN6S. The molecule has 36 heavy (non-hydrogen) atoms. The van der Waals surface area contributed by atoms with Crippen LogP contribution in [0.5, 0.6) is 0 Å². The number of para-hydroxylation sites is 1.